The average Bonchev–Trinajstić information content (AvgIpc) is 3.15. The average molecular weight is 252 g/mol. The molecule has 0 aromatic heterocycles. The highest BCUT2D eigenvalue weighted by atomic mass is 16.1. The van der Waals surface area contributed by atoms with Gasteiger partial charge in [-0.3, -0.25) is 4.79 Å². The molecular weight excluding hydrogens is 224 g/mol. The van der Waals surface area contributed by atoms with E-state index in [0.717, 1.165) is 25.3 Å². The summed E-state index contributed by atoms with van der Waals surface area (Å²) in [5.41, 5.74) is 6.30. The van der Waals surface area contributed by atoms with Gasteiger partial charge in [0.15, 0.2) is 0 Å². The van der Waals surface area contributed by atoms with Crippen LogP contribution in [-0.4, -0.2) is 19.0 Å². The van der Waals surface area contributed by atoms with E-state index < -0.39 is 0 Å². The lowest BCUT2D eigenvalue weighted by Crippen LogP contribution is -2.32. The topological polar surface area (TPSA) is 55.1 Å². The molecule has 0 aliphatic heterocycles. The van der Waals surface area contributed by atoms with Crippen molar-refractivity contribution >= 4 is 5.91 Å². The second kappa shape index (κ2) is 5.20. The predicted octanol–water partition coefficient (Wildman–Crippen LogP) is 2.45. The molecule has 0 spiro atoms. The summed E-state index contributed by atoms with van der Waals surface area (Å²) in [6.07, 6.45) is 8.01. The molecule has 0 saturated heterocycles. The Morgan fingerprint density at radius 2 is 2.00 bits per heavy atom. The fourth-order valence-electron chi connectivity index (χ4n) is 2.92. The normalized spacial score (nSPS) is 21.7. The molecule has 0 radical (unpaired) electrons. The van der Waals surface area contributed by atoms with Gasteiger partial charge in [0.1, 0.15) is 0 Å². The minimum Gasteiger partial charge on any atom is -0.356 e. The van der Waals surface area contributed by atoms with Crippen LogP contribution in [-0.2, 0) is 4.79 Å². The van der Waals surface area contributed by atoms with Gasteiger partial charge in [-0.25, -0.2) is 0 Å². The summed E-state index contributed by atoms with van der Waals surface area (Å²) >= 11 is 0. The third-order valence-corrected chi connectivity index (χ3v) is 4.82. The fraction of sp³-hybridized carbons (Fsp3) is 0.933. The molecule has 2 fully saturated rings. The largest absolute Gasteiger partial charge is 0.356 e. The van der Waals surface area contributed by atoms with Gasteiger partial charge in [0.05, 0.1) is 0 Å². The van der Waals surface area contributed by atoms with E-state index in [-0.39, 0.29) is 11.3 Å². The Morgan fingerprint density at radius 3 is 2.50 bits per heavy atom. The minimum atomic E-state index is 0.194. The van der Waals surface area contributed by atoms with Crippen LogP contribution in [0.15, 0.2) is 0 Å². The molecule has 2 aliphatic carbocycles. The Labute approximate surface area is 111 Å². The first kappa shape index (κ1) is 13.9. The molecule has 0 heterocycles. The van der Waals surface area contributed by atoms with Gasteiger partial charge < -0.3 is 11.1 Å². The number of amides is 1. The van der Waals surface area contributed by atoms with Crippen LogP contribution in [0.5, 0.6) is 0 Å². The Kier molecular flexibility index (Phi) is 4.00. The maximum Gasteiger partial charge on any atom is 0.220 e. The van der Waals surface area contributed by atoms with Gasteiger partial charge in [-0.2, -0.15) is 0 Å². The smallest absolute Gasteiger partial charge is 0.220 e. The van der Waals surface area contributed by atoms with E-state index in [9.17, 15) is 4.79 Å². The molecule has 3 nitrogen and oxygen atoms in total. The van der Waals surface area contributed by atoms with Crippen molar-refractivity contribution in [3.8, 4) is 0 Å². The lowest BCUT2D eigenvalue weighted by atomic mass is 9.84. The van der Waals surface area contributed by atoms with Crippen LogP contribution in [0, 0.1) is 16.7 Å². The summed E-state index contributed by atoms with van der Waals surface area (Å²) in [5, 5.41) is 3.15. The highest BCUT2D eigenvalue weighted by molar-refractivity contribution is 5.76. The quantitative estimate of drug-likeness (QED) is 0.697. The molecule has 3 N–H and O–H groups in total. The Bertz CT molecular complexity index is 304. The fourth-order valence-corrected chi connectivity index (χ4v) is 2.92. The Morgan fingerprint density at radius 1 is 1.33 bits per heavy atom. The van der Waals surface area contributed by atoms with Gasteiger partial charge in [-0.1, -0.05) is 13.8 Å². The van der Waals surface area contributed by atoms with E-state index in [0.29, 0.717) is 18.4 Å². The monoisotopic (exact) mass is 252 g/mol. The van der Waals surface area contributed by atoms with Crippen LogP contribution in [0.4, 0.5) is 0 Å². The molecule has 0 atom stereocenters. The standard InChI is InChI=1S/C15H28N2O/c1-14(2,9-10-16)6-5-13(18)17-11-15(7-8-15)12-3-4-12/h12H,3-11,16H2,1-2H3,(H,17,18). The van der Waals surface area contributed by atoms with Crippen molar-refractivity contribution in [3.63, 3.8) is 0 Å². The molecule has 0 unspecified atom stereocenters. The van der Waals surface area contributed by atoms with Crippen molar-refractivity contribution in [1.82, 2.24) is 5.32 Å². The highest BCUT2D eigenvalue weighted by Gasteiger charge is 2.53. The summed E-state index contributed by atoms with van der Waals surface area (Å²) in [6.45, 7) is 6.02. The van der Waals surface area contributed by atoms with Crippen LogP contribution >= 0.6 is 0 Å². The Hall–Kier alpha value is -0.570. The molecule has 3 heteroatoms. The minimum absolute atomic E-state index is 0.194. The van der Waals surface area contributed by atoms with E-state index >= 15 is 0 Å². The number of nitrogens with one attached hydrogen (secondary N) is 1. The van der Waals surface area contributed by atoms with Gasteiger partial charge in [-0.05, 0) is 61.8 Å². The first-order valence-electron chi connectivity index (χ1n) is 7.44. The third kappa shape index (κ3) is 3.71. The number of carbonyl (C=O) groups excluding carboxylic acids is 1. The zero-order valence-corrected chi connectivity index (χ0v) is 11.9. The van der Waals surface area contributed by atoms with E-state index in [4.69, 9.17) is 5.73 Å². The van der Waals surface area contributed by atoms with Crippen LogP contribution in [0.25, 0.3) is 0 Å². The molecule has 2 aliphatic rings. The van der Waals surface area contributed by atoms with Crippen molar-refractivity contribution in [2.24, 2.45) is 22.5 Å². The molecule has 18 heavy (non-hydrogen) atoms. The van der Waals surface area contributed by atoms with Crippen molar-refractivity contribution in [2.75, 3.05) is 13.1 Å². The summed E-state index contributed by atoms with van der Waals surface area (Å²) in [4.78, 5) is 11.9. The first-order chi connectivity index (χ1) is 8.47. The Balaban J connectivity index is 1.63. The van der Waals surface area contributed by atoms with Gasteiger partial charge in [0.25, 0.3) is 0 Å². The van der Waals surface area contributed by atoms with Crippen molar-refractivity contribution in [1.29, 1.82) is 0 Å². The summed E-state index contributed by atoms with van der Waals surface area (Å²) in [5.74, 6) is 1.15. The zero-order valence-electron chi connectivity index (χ0n) is 11.9. The summed E-state index contributed by atoms with van der Waals surface area (Å²) < 4.78 is 0. The molecule has 2 saturated carbocycles. The molecule has 0 bridgehead atoms. The SMILES string of the molecule is CC(C)(CCN)CCC(=O)NCC1(C2CC2)CC1. The van der Waals surface area contributed by atoms with E-state index in [1.54, 1.807) is 0 Å². The molecule has 2 rings (SSSR count). The maximum atomic E-state index is 11.9. The van der Waals surface area contributed by atoms with Crippen LogP contribution in [0.1, 0.15) is 58.8 Å². The summed E-state index contributed by atoms with van der Waals surface area (Å²) in [6, 6.07) is 0. The van der Waals surface area contributed by atoms with Gasteiger partial charge in [0, 0.05) is 13.0 Å². The van der Waals surface area contributed by atoms with Gasteiger partial charge in [0.2, 0.25) is 5.91 Å². The molecule has 1 amide bonds. The predicted molar refractivity (Wildman–Crippen MR) is 74.1 cm³/mol. The lowest BCUT2D eigenvalue weighted by Gasteiger charge is -2.23. The van der Waals surface area contributed by atoms with Crippen molar-refractivity contribution < 1.29 is 4.79 Å². The second-order valence-corrected chi connectivity index (χ2v) is 7.12. The van der Waals surface area contributed by atoms with E-state index in [2.05, 4.69) is 19.2 Å². The third-order valence-electron chi connectivity index (χ3n) is 4.82. The number of rotatable bonds is 8. The summed E-state index contributed by atoms with van der Waals surface area (Å²) in [7, 11) is 0. The lowest BCUT2D eigenvalue weighted by molar-refractivity contribution is -0.122. The molecule has 0 aromatic rings. The van der Waals surface area contributed by atoms with Crippen LogP contribution < -0.4 is 11.1 Å². The molecule has 0 aromatic carbocycles. The molecular formula is C15H28N2O. The first-order valence-corrected chi connectivity index (χ1v) is 7.44. The number of hydrogen-bond donors (Lipinski definition) is 2. The van der Waals surface area contributed by atoms with Gasteiger partial charge >= 0.3 is 0 Å². The number of hydrogen-bond acceptors (Lipinski definition) is 2. The van der Waals surface area contributed by atoms with Crippen LogP contribution in [0.2, 0.25) is 0 Å². The zero-order chi connectivity index (χ0) is 13.2. The van der Waals surface area contributed by atoms with Crippen LogP contribution in [0.3, 0.4) is 0 Å². The van der Waals surface area contributed by atoms with E-state index in [1.165, 1.54) is 25.7 Å². The van der Waals surface area contributed by atoms with Crippen molar-refractivity contribution in [3.05, 3.63) is 0 Å². The molecule has 104 valence electrons. The van der Waals surface area contributed by atoms with E-state index in [1.807, 2.05) is 0 Å². The number of nitrogens with two attached hydrogens (primary N) is 1. The van der Waals surface area contributed by atoms with Gasteiger partial charge in [-0.15, -0.1) is 0 Å². The second-order valence-electron chi connectivity index (χ2n) is 7.12. The number of carbonyl (C=O) groups is 1. The highest BCUT2D eigenvalue weighted by Crippen LogP contribution is 2.60. The maximum absolute atomic E-state index is 11.9. The van der Waals surface area contributed by atoms with Crippen molar-refractivity contribution in [2.45, 2.75) is 58.8 Å².